The summed E-state index contributed by atoms with van der Waals surface area (Å²) in [6, 6.07) is 16.7. The van der Waals surface area contributed by atoms with Gasteiger partial charge in [0.15, 0.2) is 11.8 Å². The Morgan fingerprint density at radius 2 is 1.96 bits per heavy atom. The standard InChI is InChI=1S/C21H20N2O4S/c1-3-23-20(25)18(28-21(23)22-16-9-5-4-6-10-16)13-15-8-7-11-17(12-15)27-14-19(24)26-2/h4-13H,3,14H2,1-2H3/b18-13+,22-21?. The van der Waals surface area contributed by atoms with E-state index < -0.39 is 5.97 Å². The highest BCUT2D eigenvalue weighted by molar-refractivity contribution is 8.18. The van der Waals surface area contributed by atoms with Gasteiger partial charge in [0.2, 0.25) is 0 Å². The molecule has 1 aliphatic heterocycles. The van der Waals surface area contributed by atoms with E-state index in [9.17, 15) is 9.59 Å². The molecule has 0 N–H and O–H groups in total. The van der Waals surface area contributed by atoms with Crippen molar-refractivity contribution in [3.63, 3.8) is 0 Å². The van der Waals surface area contributed by atoms with Crippen LogP contribution in [0.5, 0.6) is 5.75 Å². The number of amides is 1. The van der Waals surface area contributed by atoms with Gasteiger partial charge >= 0.3 is 5.97 Å². The molecule has 0 spiro atoms. The van der Waals surface area contributed by atoms with E-state index in [0.29, 0.717) is 22.4 Å². The molecule has 1 saturated heterocycles. The van der Waals surface area contributed by atoms with Crippen molar-refractivity contribution in [1.29, 1.82) is 0 Å². The molecule has 0 aromatic heterocycles. The Hall–Kier alpha value is -3.06. The lowest BCUT2D eigenvalue weighted by Crippen LogP contribution is -2.28. The summed E-state index contributed by atoms with van der Waals surface area (Å²) in [6.45, 7) is 2.29. The quantitative estimate of drug-likeness (QED) is 0.548. The molecule has 0 atom stereocenters. The van der Waals surface area contributed by atoms with Crippen LogP contribution in [0.4, 0.5) is 5.69 Å². The SMILES string of the molecule is CCN1C(=O)/C(=C\c2cccc(OCC(=O)OC)c2)SC1=Nc1ccccc1. The smallest absolute Gasteiger partial charge is 0.343 e. The van der Waals surface area contributed by atoms with Crippen molar-refractivity contribution in [2.45, 2.75) is 6.92 Å². The summed E-state index contributed by atoms with van der Waals surface area (Å²) >= 11 is 1.34. The first-order chi connectivity index (χ1) is 13.6. The Balaban J connectivity index is 1.81. The molecule has 2 aromatic carbocycles. The van der Waals surface area contributed by atoms with Crippen molar-refractivity contribution in [1.82, 2.24) is 4.90 Å². The number of carbonyl (C=O) groups excluding carboxylic acids is 2. The molecular weight excluding hydrogens is 376 g/mol. The van der Waals surface area contributed by atoms with Crippen LogP contribution in [0.15, 0.2) is 64.5 Å². The van der Waals surface area contributed by atoms with E-state index in [1.54, 1.807) is 29.2 Å². The number of rotatable bonds is 6. The van der Waals surface area contributed by atoms with Crippen molar-refractivity contribution in [2.75, 3.05) is 20.3 Å². The van der Waals surface area contributed by atoms with Crippen molar-refractivity contribution in [3.8, 4) is 5.75 Å². The lowest BCUT2D eigenvalue weighted by molar-refractivity contribution is -0.142. The summed E-state index contributed by atoms with van der Waals surface area (Å²) in [6.07, 6.45) is 1.80. The summed E-state index contributed by atoms with van der Waals surface area (Å²) in [7, 11) is 1.31. The van der Waals surface area contributed by atoms with Gasteiger partial charge < -0.3 is 9.47 Å². The highest BCUT2D eigenvalue weighted by Gasteiger charge is 2.32. The average molecular weight is 396 g/mol. The highest BCUT2D eigenvalue weighted by Crippen LogP contribution is 2.34. The van der Waals surface area contributed by atoms with E-state index in [-0.39, 0.29) is 12.5 Å². The number of esters is 1. The van der Waals surface area contributed by atoms with Crippen LogP contribution >= 0.6 is 11.8 Å². The number of methoxy groups -OCH3 is 1. The predicted molar refractivity (Wildman–Crippen MR) is 110 cm³/mol. The normalized spacial score (nSPS) is 16.6. The molecule has 144 valence electrons. The zero-order chi connectivity index (χ0) is 19.9. The number of para-hydroxylation sites is 1. The first-order valence-corrected chi connectivity index (χ1v) is 9.57. The number of hydrogen-bond donors (Lipinski definition) is 0. The topological polar surface area (TPSA) is 68.2 Å². The number of ether oxygens (including phenoxy) is 2. The van der Waals surface area contributed by atoms with Crippen LogP contribution in [0.3, 0.4) is 0 Å². The number of carbonyl (C=O) groups is 2. The first kappa shape index (κ1) is 19.7. The number of aliphatic imine (C=N–C) groups is 1. The van der Waals surface area contributed by atoms with E-state index in [2.05, 4.69) is 9.73 Å². The monoisotopic (exact) mass is 396 g/mol. The fourth-order valence-corrected chi connectivity index (χ4v) is 3.59. The Bertz CT molecular complexity index is 925. The van der Waals surface area contributed by atoms with E-state index in [4.69, 9.17) is 4.74 Å². The van der Waals surface area contributed by atoms with Crippen LogP contribution in [-0.4, -0.2) is 42.2 Å². The molecule has 2 aromatic rings. The minimum absolute atomic E-state index is 0.0805. The van der Waals surface area contributed by atoms with Gasteiger partial charge in [0, 0.05) is 6.54 Å². The maximum absolute atomic E-state index is 12.7. The minimum atomic E-state index is -0.453. The zero-order valence-corrected chi connectivity index (χ0v) is 16.4. The van der Waals surface area contributed by atoms with Crippen LogP contribution in [-0.2, 0) is 14.3 Å². The van der Waals surface area contributed by atoms with Gasteiger partial charge in [-0.05, 0) is 54.6 Å². The lowest BCUT2D eigenvalue weighted by atomic mass is 10.2. The Morgan fingerprint density at radius 1 is 1.18 bits per heavy atom. The Labute approximate surface area is 167 Å². The third kappa shape index (κ3) is 4.80. The van der Waals surface area contributed by atoms with Crippen LogP contribution in [0.2, 0.25) is 0 Å². The van der Waals surface area contributed by atoms with Gasteiger partial charge in [-0.2, -0.15) is 0 Å². The van der Waals surface area contributed by atoms with Crippen LogP contribution in [0.25, 0.3) is 6.08 Å². The average Bonchev–Trinajstić information content (AvgIpc) is 3.01. The molecule has 0 unspecified atom stereocenters. The largest absolute Gasteiger partial charge is 0.482 e. The van der Waals surface area contributed by atoms with E-state index in [0.717, 1.165) is 11.3 Å². The summed E-state index contributed by atoms with van der Waals surface area (Å²) < 4.78 is 9.97. The molecule has 7 heteroatoms. The Kier molecular flexibility index (Phi) is 6.49. The molecule has 6 nitrogen and oxygen atoms in total. The highest BCUT2D eigenvalue weighted by atomic mass is 32.2. The number of likely N-dealkylation sites (N-methyl/N-ethyl adjacent to an activating group) is 1. The molecule has 1 heterocycles. The number of amidine groups is 1. The van der Waals surface area contributed by atoms with Gasteiger partial charge in [-0.1, -0.05) is 30.3 Å². The maximum Gasteiger partial charge on any atom is 0.343 e. The third-order valence-electron chi connectivity index (χ3n) is 3.93. The summed E-state index contributed by atoms with van der Waals surface area (Å²) in [5, 5.41) is 0.656. The minimum Gasteiger partial charge on any atom is -0.482 e. The molecule has 0 radical (unpaired) electrons. The summed E-state index contributed by atoms with van der Waals surface area (Å²) in [5.41, 5.74) is 1.60. The molecule has 0 aliphatic carbocycles. The second kappa shape index (κ2) is 9.23. The maximum atomic E-state index is 12.7. The zero-order valence-electron chi connectivity index (χ0n) is 15.6. The number of benzene rings is 2. The van der Waals surface area contributed by atoms with E-state index >= 15 is 0 Å². The number of nitrogens with zero attached hydrogens (tertiary/aromatic N) is 2. The van der Waals surface area contributed by atoms with Crippen LogP contribution in [0, 0.1) is 0 Å². The van der Waals surface area contributed by atoms with Gasteiger partial charge in [-0.25, -0.2) is 9.79 Å². The molecule has 1 aliphatic rings. The molecule has 0 saturated carbocycles. The van der Waals surface area contributed by atoms with Crippen molar-refractivity contribution in [3.05, 3.63) is 65.1 Å². The van der Waals surface area contributed by atoms with Gasteiger partial charge in [0.25, 0.3) is 5.91 Å². The summed E-state index contributed by atoms with van der Waals surface area (Å²) in [4.78, 5) is 30.8. The van der Waals surface area contributed by atoms with Gasteiger partial charge in [0.1, 0.15) is 5.75 Å². The second-order valence-electron chi connectivity index (χ2n) is 5.83. The van der Waals surface area contributed by atoms with E-state index in [1.807, 2.05) is 43.3 Å². The van der Waals surface area contributed by atoms with Crippen molar-refractivity contribution < 1.29 is 19.1 Å². The molecule has 1 fully saturated rings. The fourth-order valence-electron chi connectivity index (χ4n) is 2.53. The van der Waals surface area contributed by atoms with Gasteiger partial charge in [-0.3, -0.25) is 9.69 Å². The lowest BCUT2D eigenvalue weighted by Gasteiger charge is -2.11. The number of thioether (sulfide) groups is 1. The summed E-state index contributed by atoms with van der Waals surface area (Å²) in [5.74, 6) is -0.00517. The van der Waals surface area contributed by atoms with Gasteiger partial charge in [-0.15, -0.1) is 0 Å². The Morgan fingerprint density at radius 3 is 2.68 bits per heavy atom. The molecule has 0 bridgehead atoms. The molecule has 1 amide bonds. The fraction of sp³-hybridized carbons (Fsp3) is 0.190. The third-order valence-corrected chi connectivity index (χ3v) is 4.93. The molecular formula is C21H20N2O4S. The van der Waals surface area contributed by atoms with Crippen molar-refractivity contribution in [2.24, 2.45) is 4.99 Å². The van der Waals surface area contributed by atoms with Gasteiger partial charge in [0.05, 0.1) is 17.7 Å². The van der Waals surface area contributed by atoms with Crippen molar-refractivity contribution >= 4 is 40.6 Å². The van der Waals surface area contributed by atoms with Crippen LogP contribution < -0.4 is 4.74 Å². The first-order valence-electron chi connectivity index (χ1n) is 8.75. The van der Waals surface area contributed by atoms with E-state index in [1.165, 1.54) is 18.9 Å². The van der Waals surface area contributed by atoms with Crippen LogP contribution in [0.1, 0.15) is 12.5 Å². The molecule has 28 heavy (non-hydrogen) atoms. The predicted octanol–water partition coefficient (Wildman–Crippen LogP) is 3.86. The second-order valence-corrected chi connectivity index (χ2v) is 6.84. The molecule has 3 rings (SSSR count). The number of hydrogen-bond acceptors (Lipinski definition) is 6.